The van der Waals surface area contributed by atoms with Gasteiger partial charge in [0.1, 0.15) is 4.83 Å². The highest BCUT2D eigenvalue weighted by atomic mass is 32.1. The predicted molar refractivity (Wildman–Crippen MR) is 84.2 cm³/mol. The van der Waals surface area contributed by atoms with Crippen LogP contribution in [-0.4, -0.2) is 16.6 Å². The van der Waals surface area contributed by atoms with E-state index >= 15 is 0 Å². The molecule has 2 rings (SSSR count). The van der Waals surface area contributed by atoms with Crippen molar-refractivity contribution in [1.82, 2.24) is 9.97 Å². The van der Waals surface area contributed by atoms with Gasteiger partial charge in [-0.1, -0.05) is 33.1 Å². The Hall–Kier alpha value is -1.40. The van der Waals surface area contributed by atoms with E-state index in [-0.39, 0.29) is 0 Å². The van der Waals surface area contributed by atoms with Crippen molar-refractivity contribution < 1.29 is 4.74 Å². The average molecular weight is 294 g/mol. The summed E-state index contributed by atoms with van der Waals surface area (Å²) in [7, 11) is 0. The molecule has 0 aliphatic rings. The standard InChI is InChI=1S/C14H22N4OS/c1-3-5-6-7-8-19-12-11-9-10(4-2)20-13(11)17-14(16-12)18-15/h9H,3-8,15H2,1-2H3,(H,16,17,18). The van der Waals surface area contributed by atoms with Crippen LogP contribution in [-0.2, 0) is 6.42 Å². The highest BCUT2D eigenvalue weighted by Crippen LogP contribution is 2.31. The van der Waals surface area contributed by atoms with Crippen LogP contribution >= 0.6 is 11.3 Å². The summed E-state index contributed by atoms with van der Waals surface area (Å²) in [5, 5.41) is 0.987. The average Bonchev–Trinajstić information content (AvgIpc) is 2.89. The second kappa shape index (κ2) is 7.40. The Morgan fingerprint density at radius 3 is 2.80 bits per heavy atom. The molecule has 0 spiro atoms. The minimum absolute atomic E-state index is 0.408. The molecule has 0 aromatic carbocycles. The lowest BCUT2D eigenvalue weighted by Crippen LogP contribution is -2.11. The van der Waals surface area contributed by atoms with Crippen molar-refractivity contribution >= 4 is 27.5 Å². The fraction of sp³-hybridized carbons (Fsp3) is 0.571. The SMILES string of the molecule is CCCCCCOc1nc(NN)nc2sc(CC)cc12. The number of anilines is 1. The van der Waals surface area contributed by atoms with Gasteiger partial charge in [-0.3, -0.25) is 5.43 Å². The van der Waals surface area contributed by atoms with Gasteiger partial charge in [0.2, 0.25) is 11.8 Å². The fourth-order valence-electron chi connectivity index (χ4n) is 1.99. The van der Waals surface area contributed by atoms with Crippen LogP contribution in [0, 0.1) is 0 Å². The molecule has 0 aliphatic heterocycles. The van der Waals surface area contributed by atoms with Gasteiger partial charge in [-0.05, 0) is 18.9 Å². The number of hydrogen-bond donors (Lipinski definition) is 2. The van der Waals surface area contributed by atoms with Crippen molar-refractivity contribution in [3.8, 4) is 5.88 Å². The first-order valence-electron chi connectivity index (χ1n) is 7.18. The Kier molecular flexibility index (Phi) is 5.55. The van der Waals surface area contributed by atoms with Crippen LogP contribution in [0.3, 0.4) is 0 Å². The Morgan fingerprint density at radius 1 is 1.25 bits per heavy atom. The van der Waals surface area contributed by atoms with Crippen molar-refractivity contribution in [2.45, 2.75) is 46.0 Å². The normalized spacial score (nSPS) is 10.9. The lowest BCUT2D eigenvalue weighted by molar-refractivity contribution is 0.298. The third-order valence-electron chi connectivity index (χ3n) is 3.12. The van der Waals surface area contributed by atoms with Crippen LogP contribution in [0.25, 0.3) is 10.2 Å². The predicted octanol–water partition coefficient (Wildman–Crippen LogP) is 3.50. The zero-order valence-corrected chi connectivity index (χ0v) is 12.9. The Morgan fingerprint density at radius 2 is 2.10 bits per heavy atom. The van der Waals surface area contributed by atoms with Crippen LogP contribution < -0.4 is 16.0 Å². The number of ether oxygens (including phenoxy) is 1. The second-order valence-electron chi connectivity index (χ2n) is 4.69. The smallest absolute Gasteiger partial charge is 0.241 e. The number of rotatable bonds is 8. The molecule has 0 unspecified atom stereocenters. The molecule has 2 aromatic rings. The largest absolute Gasteiger partial charge is 0.477 e. The van der Waals surface area contributed by atoms with E-state index in [4.69, 9.17) is 10.6 Å². The van der Waals surface area contributed by atoms with Gasteiger partial charge in [-0.25, -0.2) is 10.8 Å². The molecular formula is C14H22N4OS. The summed E-state index contributed by atoms with van der Waals surface area (Å²) in [5.74, 6) is 6.46. The second-order valence-corrected chi connectivity index (χ2v) is 5.81. The van der Waals surface area contributed by atoms with E-state index in [1.165, 1.54) is 24.1 Å². The minimum Gasteiger partial charge on any atom is -0.477 e. The number of fused-ring (bicyclic) bond motifs is 1. The first kappa shape index (κ1) is 15.0. The van der Waals surface area contributed by atoms with Gasteiger partial charge in [0.05, 0.1) is 12.0 Å². The summed E-state index contributed by atoms with van der Waals surface area (Å²) in [5.41, 5.74) is 2.50. The summed E-state index contributed by atoms with van der Waals surface area (Å²) >= 11 is 1.66. The number of hydrazine groups is 1. The van der Waals surface area contributed by atoms with Crippen LogP contribution in [0.5, 0.6) is 5.88 Å². The molecule has 0 amide bonds. The van der Waals surface area contributed by atoms with Gasteiger partial charge in [0.25, 0.3) is 0 Å². The maximum atomic E-state index is 5.83. The highest BCUT2D eigenvalue weighted by Gasteiger charge is 2.12. The molecule has 3 N–H and O–H groups in total. The van der Waals surface area contributed by atoms with Crippen LogP contribution in [0.1, 0.15) is 44.4 Å². The highest BCUT2D eigenvalue weighted by molar-refractivity contribution is 7.18. The van der Waals surface area contributed by atoms with Crippen LogP contribution in [0.2, 0.25) is 0 Å². The number of unbranched alkanes of at least 4 members (excludes halogenated alkanes) is 3. The molecule has 2 aromatic heterocycles. The van der Waals surface area contributed by atoms with Gasteiger partial charge >= 0.3 is 0 Å². The van der Waals surface area contributed by atoms with Gasteiger partial charge in [0, 0.05) is 4.88 Å². The molecule has 0 saturated heterocycles. The molecule has 20 heavy (non-hydrogen) atoms. The number of hydrogen-bond acceptors (Lipinski definition) is 6. The summed E-state index contributed by atoms with van der Waals surface area (Å²) in [4.78, 5) is 10.9. The molecule has 6 heteroatoms. The van der Waals surface area contributed by atoms with Crippen LogP contribution in [0.15, 0.2) is 6.07 Å². The monoisotopic (exact) mass is 294 g/mol. The first-order chi connectivity index (χ1) is 9.78. The lowest BCUT2D eigenvalue weighted by Gasteiger charge is -2.07. The number of nitrogens with two attached hydrogens (primary N) is 1. The maximum absolute atomic E-state index is 5.83. The van der Waals surface area contributed by atoms with Crippen molar-refractivity contribution in [3.63, 3.8) is 0 Å². The molecule has 2 heterocycles. The van der Waals surface area contributed by atoms with E-state index in [1.807, 2.05) is 0 Å². The molecule has 110 valence electrons. The Labute approximate surface area is 123 Å². The fourth-order valence-corrected chi connectivity index (χ4v) is 2.95. The molecule has 0 aliphatic carbocycles. The third-order valence-corrected chi connectivity index (χ3v) is 4.30. The first-order valence-corrected chi connectivity index (χ1v) is 8.00. The Bertz CT molecular complexity index is 555. The third kappa shape index (κ3) is 3.58. The van der Waals surface area contributed by atoms with E-state index in [1.54, 1.807) is 11.3 Å². The lowest BCUT2D eigenvalue weighted by atomic mass is 10.2. The Balaban J connectivity index is 2.14. The number of nitrogen functional groups attached to an aromatic ring is 1. The molecular weight excluding hydrogens is 272 g/mol. The molecule has 0 fully saturated rings. The van der Waals surface area contributed by atoms with Crippen molar-refractivity contribution in [2.24, 2.45) is 5.84 Å². The van der Waals surface area contributed by atoms with Gasteiger partial charge in [-0.15, -0.1) is 11.3 Å². The number of nitrogens with zero attached hydrogens (tertiary/aromatic N) is 2. The number of thiophene rings is 1. The number of nitrogens with one attached hydrogen (secondary N) is 1. The van der Waals surface area contributed by atoms with Gasteiger partial charge in [0.15, 0.2) is 0 Å². The topological polar surface area (TPSA) is 73.1 Å². The van der Waals surface area contributed by atoms with Gasteiger partial charge < -0.3 is 4.74 Å². The maximum Gasteiger partial charge on any atom is 0.241 e. The van der Waals surface area contributed by atoms with Gasteiger partial charge in [-0.2, -0.15) is 4.98 Å². The van der Waals surface area contributed by atoms with Crippen molar-refractivity contribution in [1.29, 1.82) is 0 Å². The number of aromatic nitrogens is 2. The van der Waals surface area contributed by atoms with E-state index in [9.17, 15) is 0 Å². The summed E-state index contributed by atoms with van der Waals surface area (Å²) in [6.45, 7) is 5.02. The summed E-state index contributed by atoms with van der Waals surface area (Å²) < 4.78 is 5.83. The number of aryl methyl sites for hydroxylation is 1. The molecule has 0 bridgehead atoms. The molecule has 0 atom stereocenters. The summed E-state index contributed by atoms with van der Waals surface area (Å²) in [6, 6.07) is 2.11. The van der Waals surface area contributed by atoms with E-state index in [0.29, 0.717) is 18.4 Å². The zero-order chi connectivity index (χ0) is 14.4. The van der Waals surface area contributed by atoms with Crippen molar-refractivity contribution in [2.75, 3.05) is 12.0 Å². The quantitative estimate of drug-likeness (QED) is 0.443. The van der Waals surface area contributed by atoms with E-state index in [0.717, 1.165) is 23.1 Å². The van der Waals surface area contributed by atoms with Crippen molar-refractivity contribution in [3.05, 3.63) is 10.9 Å². The molecule has 0 radical (unpaired) electrons. The zero-order valence-electron chi connectivity index (χ0n) is 12.1. The molecule has 5 nitrogen and oxygen atoms in total. The van der Waals surface area contributed by atoms with E-state index in [2.05, 4.69) is 35.3 Å². The van der Waals surface area contributed by atoms with Crippen LogP contribution in [0.4, 0.5) is 5.95 Å². The summed E-state index contributed by atoms with van der Waals surface area (Å²) in [6.07, 6.45) is 5.70. The van der Waals surface area contributed by atoms with E-state index < -0.39 is 0 Å². The molecule has 0 saturated carbocycles. The minimum atomic E-state index is 0.408.